The summed E-state index contributed by atoms with van der Waals surface area (Å²) >= 11 is 0. The summed E-state index contributed by atoms with van der Waals surface area (Å²) in [5.41, 5.74) is 0.206. The van der Waals surface area contributed by atoms with Crippen LogP contribution in [0.4, 0.5) is 4.39 Å². The largest absolute Gasteiger partial charge is 0.316 e. The van der Waals surface area contributed by atoms with Gasteiger partial charge in [-0.3, -0.25) is 4.79 Å². The molecule has 3 heteroatoms. The highest BCUT2D eigenvalue weighted by Gasteiger charge is 2.37. The molecule has 0 aromatic heterocycles. The molecule has 1 aromatic rings. The number of carbonyl (C=O) groups excluding carboxylic acids is 1. The lowest BCUT2D eigenvalue weighted by atomic mass is 9.70. The minimum atomic E-state index is -0.398. The maximum Gasteiger partial charge on any atom is 0.168 e. The predicted octanol–water partition coefficient (Wildman–Crippen LogP) is 3.03. The Morgan fingerprint density at radius 2 is 2.00 bits per heavy atom. The molecule has 18 heavy (non-hydrogen) atoms. The van der Waals surface area contributed by atoms with Crippen LogP contribution in [0.2, 0.25) is 0 Å². The summed E-state index contributed by atoms with van der Waals surface area (Å²) in [7, 11) is 0. The first-order valence-electron chi connectivity index (χ1n) is 6.53. The van der Waals surface area contributed by atoms with E-state index < -0.39 is 5.41 Å². The third kappa shape index (κ3) is 2.61. The minimum absolute atomic E-state index is 0.108. The van der Waals surface area contributed by atoms with E-state index in [4.69, 9.17) is 0 Å². The van der Waals surface area contributed by atoms with Crippen molar-refractivity contribution in [3.63, 3.8) is 0 Å². The number of hydrogen-bond acceptors (Lipinski definition) is 2. The molecular formula is C15H20FNO. The van der Waals surface area contributed by atoms with Crippen LogP contribution in [0, 0.1) is 17.2 Å². The van der Waals surface area contributed by atoms with Gasteiger partial charge in [-0.15, -0.1) is 0 Å². The highest BCUT2D eigenvalue weighted by molar-refractivity contribution is 6.00. The van der Waals surface area contributed by atoms with Crippen LogP contribution in [0.15, 0.2) is 24.3 Å². The molecule has 1 N–H and O–H groups in total. The molecule has 2 nitrogen and oxygen atoms in total. The monoisotopic (exact) mass is 249 g/mol. The average Bonchev–Trinajstić information content (AvgIpc) is 2.40. The van der Waals surface area contributed by atoms with Gasteiger partial charge >= 0.3 is 0 Å². The second-order valence-electron chi connectivity index (χ2n) is 5.60. The molecule has 1 unspecified atom stereocenters. The molecule has 1 aliphatic rings. The van der Waals surface area contributed by atoms with E-state index >= 15 is 0 Å². The standard InChI is InChI=1S/C15H20FNO/c1-15(2,12-4-3-9-17-10-12)14(18)11-5-7-13(16)8-6-11/h5-8,12,17H,3-4,9-10H2,1-2H3. The maximum atomic E-state index is 12.9. The van der Waals surface area contributed by atoms with Gasteiger partial charge < -0.3 is 5.32 Å². The molecule has 0 aliphatic carbocycles. The molecule has 0 bridgehead atoms. The molecule has 1 aliphatic heterocycles. The van der Waals surface area contributed by atoms with E-state index in [1.54, 1.807) is 12.1 Å². The number of Topliss-reactive ketones (excluding diaryl/α,β-unsaturated/α-hetero) is 1. The van der Waals surface area contributed by atoms with Crippen molar-refractivity contribution in [2.45, 2.75) is 26.7 Å². The van der Waals surface area contributed by atoms with Crippen LogP contribution in [-0.2, 0) is 0 Å². The van der Waals surface area contributed by atoms with Gasteiger partial charge in [0.1, 0.15) is 5.82 Å². The zero-order valence-electron chi connectivity index (χ0n) is 11.0. The first-order valence-corrected chi connectivity index (χ1v) is 6.53. The summed E-state index contributed by atoms with van der Waals surface area (Å²) in [6.45, 7) is 5.92. The lowest BCUT2D eigenvalue weighted by Gasteiger charge is -2.36. The predicted molar refractivity (Wildman–Crippen MR) is 70.1 cm³/mol. The number of benzene rings is 1. The van der Waals surface area contributed by atoms with Gasteiger partial charge in [-0.2, -0.15) is 0 Å². The fraction of sp³-hybridized carbons (Fsp3) is 0.533. The minimum Gasteiger partial charge on any atom is -0.316 e. The highest BCUT2D eigenvalue weighted by atomic mass is 19.1. The van der Waals surface area contributed by atoms with E-state index in [1.807, 2.05) is 13.8 Å². The maximum absolute atomic E-state index is 12.9. The van der Waals surface area contributed by atoms with Crippen LogP contribution in [0.1, 0.15) is 37.0 Å². The third-order valence-electron chi connectivity index (χ3n) is 4.01. The van der Waals surface area contributed by atoms with Crippen molar-refractivity contribution in [3.8, 4) is 0 Å². The Morgan fingerprint density at radius 1 is 1.33 bits per heavy atom. The van der Waals surface area contributed by atoms with Gasteiger partial charge in [0, 0.05) is 11.0 Å². The first kappa shape index (κ1) is 13.2. The molecular weight excluding hydrogens is 229 g/mol. The second kappa shape index (κ2) is 5.19. The molecule has 1 atom stereocenters. The Morgan fingerprint density at radius 3 is 2.56 bits per heavy atom. The molecule has 98 valence electrons. The van der Waals surface area contributed by atoms with E-state index in [0.29, 0.717) is 11.5 Å². The second-order valence-corrected chi connectivity index (χ2v) is 5.60. The van der Waals surface area contributed by atoms with E-state index in [0.717, 1.165) is 25.9 Å². The Labute approximate surface area is 108 Å². The highest BCUT2D eigenvalue weighted by Crippen LogP contribution is 2.35. The molecule has 0 radical (unpaired) electrons. The fourth-order valence-electron chi connectivity index (χ4n) is 2.63. The van der Waals surface area contributed by atoms with Crippen LogP contribution in [-0.4, -0.2) is 18.9 Å². The van der Waals surface area contributed by atoms with Crippen LogP contribution >= 0.6 is 0 Å². The number of ketones is 1. The zero-order valence-corrected chi connectivity index (χ0v) is 11.0. The average molecular weight is 249 g/mol. The molecule has 0 spiro atoms. The number of halogens is 1. The van der Waals surface area contributed by atoms with E-state index in [1.165, 1.54) is 12.1 Å². The van der Waals surface area contributed by atoms with Crippen molar-refractivity contribution in [1.29, 1.82) is 0 Å². The molecule has 1 heterocycles. The third-order valence-corrected chi connectivity index (χ3v) is 4.01. The Kier molecular flexibility index (Phi) is 3.81. The summed E-state index contributed by atoms with van der Waals surface area (Å²) in [5, 5.41) is 3.34. The fourth-order valence-corrected chi connectivity index (χ4v) is 2.63. The van der Waals surface area contributed by atoms with Gasteiger partial charge in [-0.1, -0.05) is 13.8 Å². The smallest absolute Gasteiger partial charge is 0.168 e. The van der Waals surface area contributed by atoms with E-state index in [9.17, 15) is 9.18 Å². The lowest BCUT2D eigenvalue weighted by Crippen LogP contribution is -2.42. The van der Waals surface area contributed by atoms with E-state index in [2.05, 4.69) is 5.32 Å². The summed E-state index contributed by atoms with van der Waals surface area (Å²) in [5.74, 6) is 0.156. The van der Waals surface area contributed by atoms with Crippen molar-refractivity contribution < 1.29 is 9.18 Å². The summed E-state index contributed by atoms with van der Waals surface area (Å²) < 4.78 is 12.9. The number of piperidine rings is 1. The summed E-state index contributed by atoms with van der Waals surface area (Å²) in [6, 6.07) is 5.86. The molecule has 0 saturated carbocycles. The normalized spacial score (nSPS) is 20.7. The van der Waals surface area contributed by atoms with Crippen molar-refractivity contribution in [1.82, 2.24) is 5.32 Å². The lowest BCUT2D eigenvalue weighted by molar-refractivity contribution is 0.0708. The van der Waals surface area contributed by atoms with Gasteiger partial charge in [0.15, 0.2) is 5.78 Å². The quantitative estimate of drug-likeness (QED) is 0.834. The van der Waals surface area contributed by atoms with Crippen LogP contribution in [0.3, 0.4) is 0 Å². The van der Waals surface area contributed by atoms with Crippen LogP contribution < -0.4 is 5.32 Å². The van der Waals surface area contributed by atoms with Crippen molar-refractivity contribution in [3.05, 3.63) is 35.6 Å². The Hall–Kier alpha value is -1.22. The van der Waals surface area contributed by atoms with Crippen LogP contribution in [0.25, 0.3) is 0 Å². The molecule has 1 fully saturated rings. The van der Waals surface area contributed by atoms with Gasteiger partial charge in [0.05, 0.1) is 0 Å². The van der Waals surface area contributed by atoms with E-state index in [-0.39, 0.29) is 11.6 Å². The van der Waals surface area contributed by atoms with Crippen molar-refractivity contribution in [2.75, 3.05) is 13.1 Å². The molecule has 1 saturated heterocycles. The van der Waals surface area contributed by atoms with Gasteiger partial charge in [-0.05, 0) is 56.1 Å². The summed E-state index contributed by atoms with van der Waals surface area (Å²) in [4.78, 5) is 12.5. The SMILES string of the molecule is CC(C)(C(=O)c1ccc(F)cc1)C1CCCNC1. The Bertz CT molecular complexity index is 419. The van der Waals surface area contributed by atoms with Gasteiger partial charge in [-0.25, -0.2) is 4.39 Å². The van der Waals surface area contributed by atoms with Crippen LogP contribution in [0.5, 0.6) is 0 Å². The van der Waals surface area contributed by atoms with Crippen molar-refractivity contribution in [2.24, 2.45) is 11.3 Å². The van der Waals surface area contributed by atoms with Gasteiger partial charge in [0.25, 0.3) is 0 Å². The first-order chi connectivity index (χ1) is 8.51. The number of rotatable bonds is 3. The number of carbonyl (C=O) groups is 1. The Balaban J connectivity index is 2.17. The van der Waals surface area contributed by atoms with Crippen molar-refractivity contribution >= 4 is 5.78 Å². The topological polar surface area (TPSA) is 29.1 Å². The molecule has 1 aromatic carbocycles. The summed E-state index contributed by atoms with van der Waals surface area (Å²) in [6.07, 6.45) is 2.19. The number of hydrogen-bond donors (Lipinski definition) is 1. The number of nitrogens with one attached hydrogen (secondary N) is 1. The molecule has 2 rings (SSSR count). The zero-order chi connectivity index (χ0) is 13.2. The molecule has 0 amide bonds. The van der Waals surface area contributed by atoms with Gasteiger partial charge in [0.2, 0.25) is 0 Å².